The summed E-state index contributed by atoms with van der Waals surface area (Å²) in [5, 5.41) is 8.71. The number of carboxylic acid groups (broad SMARTS) is 1. The van der Waals surface area contributed by atoms with Crippen LogP contribution in [0.15, 0.2) is 34.9 Å². The lowest BCUT2D eigenvalue weighted by Crippen LogP contribution is -1.91. The van der Waals surface area contributed by atoms with E-state index in [1.165, 1.54) is 6.07 Å². The van der Waals surface area contributed by atoms with Gasteiger partial charge in [-0.1, -0.05) is 0 Å². The lowest BCUT2D eigenvalue weighted by atomic mass is 10.3. The molecule has 0 aliphatic heterocycles. The lowest BCUT2D eigenvalue weighted by Gasteiger charge is -2.00. The topological polar surface area (TPSA) is 72.6 Å². The normalized spacial score (nSPS) is 10.1. The van der Waals surface area contributed by atoms with Crippen molar-refractivity contribution in [1.82, 2.24) is 4.98 Å². The van der Waals surface area contributed by atoms with E-state index in [1.54, 1.807) is 31.5 Å². The van der Waals surface area contributed by atoms with E-state index in [9.17, 15) is 4.79 Å². The Morgan fingerprint density at radius 3 is 2.88 bits per heavy atom. The van der Waals surface area contributed by atoms with Crippen molar-refractivity contribution in [3.05, 3.63) is 36.2 Å². The van der Waals surface area contributed by atoms with Gasteiger partial charge in [0.2, 0.25) is 5.76 Å². The second-order valence-corrected chi connectivity index (χ2v) is 3.05. The van der Waals surface area contributed by atoms with E-state index in [-0.39, 0.29) is 5.76 Å². The SMILES string of the molecule is COc1ccnc(-c2ccc(C(=O)O)o2)c1. The maximum Gasteiger partial charge on any atom is 0.371 e. The van der Waals surface area contributed by atoms with Crippen LogP contribution in [0.2, 0.25) is 0 Å². The van der Waals surface area contributed by atoms with Crippen LogP contribution in [0, 0.1) is 0 Å². The number of nitrogens with zero attached hydrogens (tertiary/aromatic N) is 1. The molecule has 0 aliphatic rings. The molecule has 2 aromatic heterocycles. The van der Waals surface area contributed by atoms with Gasteiger partial charge in [0, 0.05) is 12.3 Å². The number of aromatic nitrogens is 1. The Morgan fingerprint density at radius 1 is 1.44 bits per heavy atom. The van der Waals surface area contributed by atoms with Gasteiger partial charge in [-0.3, -0.25) is 4.98 Å². The monoisotopic (exact) mass is 219 g/mol. The summed E-state index contributed by atoms with van der Waals surface area (Å²) in [4.78, 5) is 14.7. The standard InChI is InChI=1S/C11H9NO4/c1-15-7-4-5-12-8(6-7)9-2-3-10(16-9)11(13)14/h2-6H,1H3,(H,13,14). The highest BCUT2D eigenvalue weighted by molar-refractivity contribution is 5.85. The molecule has 0 bridgehead atoms. The van der Waals surface area contributed by atoms with Gasteiger partial charge in [-0.05, 0) is 18.2 Å². The molecular formula is C11H9NO4. The zero-order valence-corrected chi connectivity index (χ0v) is 8.51. The summed E-state index contributed by atoms with van der Waals surface area (Å²) in [6.07, 6.45) is 1.57. The van der Waals surface area contributed by atoms with E-state index < -0.39 is 5.97 Å². The Bertz CT molecular complexity index is 518. The fourth-order valence-corrected chi connectivity index (χ4v) is 1.26. The van der Waals surface area contributed by atoms with Crippen molar-refractivity contribution >= 4 is 5.97 Å². The van der Waals surface area contributed by atoms with Crippen LogP contribution in [-0.4, -0.2) is 23.2 Å². The second kappa shape index (κ2) is 4.06. The predicted octanol–water partition coefficient (Wildman–Crippen LogP) is 2.05. The molecular weight excluding hydrogens is 210 g/mol. The molecule has 16 heavy (non-hydrogen) atoms. The summed E-state index contributed by atoms with van der Waals surface area (Å²) >= 11 is 0. The van der Waals surface area contributed by atoms with Crippen LogP contribution >= 0.6 is 0 Å². The third kappa shape index (κ3) is 1.88. The highest BCUT2D eigenvalue weighted by Gasteiger charge is 2.11. The summed E-state index contributed by atoms with van der Waals surface area (Å²) in [7, 11) is 1.55. The molecule has 2 aromatic rings. The maximum atomic E-state index is 10.6. The first kappa shape index (κ1) is 10.2. The summed E-state index contributed by atoms with van der Waals surface area (Å²) in [5.74, 6) is -0.177. The molecule has 82 valence electrons. The van der Waals surface area contributed by atoms with Crippen molar-refractivity contribution < 1.29 is 19.1 Å². The van der Waals surface area contributed by atoms with E-state index in [2.05, 4.69) is 4.98 Å². The minimum Gasteiger partial charge on any atom is -0.497 e. The van der Waals surface area contributed by atoms with Crippen molar-refractivity contribution in [2.75, 3.05) is 7.11 Å². The smallest absolute Gasteiger partial charge is 0.371 e. The third-order valence-corrected chi connectivity index (χ3v) is 2.04. The molecule has 1 N–H and O–H groups in total. The Labute approximate surface area is 91.3 Å². The number of aromatic carboxylic acids is 1. The van der Waals surface area contributed by atoms with Gasteiger partial charge in [-0.25, -0.2) is 4.79 Å². The van der Waals surface area contributed by atoms with Crippen LogP contribution in [0.4, 0.5) is 0 Å². The fourth-order valence-electron chi connectivity index (χ4n) is 1.26. The van der Waals surface area contributed by atoms with Crippen LogP contribution in [0.3, 0.4) is 0 Å². The Kier molecular flexibility index (Phi) is 2.59. The summed E-state index contributed by atoms with van der Waals surface area (Å²) < 4.78 is 10.1. The van der Waals surface area contributed by atoms with Crippen molar-refractivity contribution in [3.8, 4) is 17.2 Å². The van der Waals surface area contributed by atoms with E-state index in [4.69, 9.17) is 14.3 Å². The molecule has 0 unspecified atom stereocenters. The van der Waals surface area contributed by atoms with Crippen LogP contribution in [-0.2, 0) is 0 Å². The van der Waals surface area contributed by atoms with Crippen LogP contribution in [0.5, 0.6) is 5.75 Å². The van der Waals surface area contributed by atoms with Crippen molar-refractivity contribution in [2.45, 2.75) is 0 Å². The van der Waals surface area contributed by atoms with Gasteiger partial charge in [-0.2, -0.15) is 0 Å². The number of furan rings is 1. The molecule has 0 fully saturated rings. The van der Waals surface area contributed by atoms with E-state index in [0.717, 1.165) is 0 Å². The minimum absolute atomic E-state index is 0.111. The van der Waals surface area contributed by atoms with Crippen molar-refractivity contribution in [3.63, 3.8) is 0 Å². The van der Waals surface area contributed by atoms with Crippen molar-refractivity contribution in [1.29, 1.82) is 0 Å². The summed E-state index contributed by atoms with van der Waals surface area (Å²) in [6.45, 7) is 0. The van der Waals surface area contributed by atoms with Crippen LogP contribution < -0.4 is 4.74 Å². The second-order valence-electron chi connectivity index (χ2n) is 3.05. The van der Waals surface area contributed by atoms with Gasteiger partial charge in [0.05, 0.1) is 7.11 Å². The molecule has 0 saturated heterocycles. The minimum atomic E-state index is -1.10. The molecule has 2 heterocycles. The summed E-state index contributed by atoms with van der Waals surface area (Å²) in [5.41, 5.74) is 0.534. The van der Waals surface area contributed by atoms with E-state index >= 15 is 0 Å². The van der Waals surface area contributed by atoms with Gasteiger partial charge >= 0.3 is 5.97 Å². The number of pyridine rings is 1. The molecule has 0 radical (unpaired) electrons. The quantitative estimate of drug-likeness (QED) is 0.855. The number of carbonyl (C=O) groups is 1. The van der Waals surface area contributed by atoms with Gasteiger partial charge in [0.25, 0.3) is 0 Å². The molecule has 0 amide bonds. The first-order valence-electron chi connectivity index (χ1n) is 4.54. The number of rotatable bonds is 3. The largest absolute Gasteiger partial charge is 0.497 e. The number of carboxylic acids is 1. The zero-order valence-electron chi connectivity index (χ0n) is 8.51. The number of hydrogen-bond donors (Lipinski definition) is 1. The number of ether oxygens (including phenoxy) is 1. The molecule has 2 rings (SSSR count). The fraction of sp³-hybridized carbons (Fsp3) is 0.0909. The molecule has 0 aromatic carbocycles. The highest BCUT2D eigenvalue weighted by Crippen LogP contribution is 2.23. The molecule has 0 saturated carbocycles. The first-order chi connectivity index (χ1) is 7.70. The van der Waals surface area contributed by atoms with Gasteiger partial charge in [-0.15, -0.1) is 0 Å². The van der Waals surface area contributed by atoms with Gasteiger partial charge in [0.1, 0.15) is 11.4 Å². The third-order valence-electron chi connectivity index (χ3n) is 2.04. The van der Waals surface area contributed by atoms with E-state index in [0.29, 0.717) is 17.2 Å². The van der Waals surface area contributed by atoms with E-state index in [1.807, 2.05) is 0 Å². The first-order valence-corrected chi connectivity index (χ1v) is 4.54. The maximum absolute atomic E-state index is 10.6. The predicted molar refractivity (Wildman–Crippen MR) is 55.5 cm³/mol. The van der Waals surface area contributed by atoms with Crippen LogP contribution in [0.25, 0.3) is 11.5 Å². The molecule has 0 atom stereocenters. The Hall–Kier alpha value is -2.30. The number of hydrogen-bond acceptors (Lipinski definition) is 4. The molecule has 0 spiro atoms. The Morgan fingerprint density at radius 2 is 2.25 bits per heavy atom. The zero-order chi connectivity index (χ0) is 11.5. The molecule has 0 aliphatic carbocycles. The molecule has 5 heteroatoms. The molecule has 5 nitrogen and oxygen atoms in total. The van der Waals surface area contributed by atoms with Crippen molar-refractivity contribution in [2.24, 2.45) is 0 Å². The highest BCUT2D eigenvalue weighted by atomic mass is 16.5. The average molecular weight is 219 g/mol. The van der Waals surface area contributed by atoms with Gasteiger partial charge < -0.3 is 14.3 Å². The average Bonchev–Trinajstić information content (AvgIpc) is 2.78. The lowest BCUT2D eigenvalue weighted by molar-refractivity contribution is 0.0663. The van der Waals surface area contributed by atoms with Gasteiger partial charge in [0.15, 0.2) is 5.76 Å². The number of methoxy groups -OCH3 is 1. The van der Waals surface area contributed by atoms with Crippen LogP contribution in [0.1, 0.15) is 10.6 Å². The Balaban J connectivity index is 2.38. The summed E-state index contributed by atoms with van der Waals surface area (Å²) in [6, 6.07) is 6.32.